The van der Waals surface area contributed by atoms with E-state index in [9.17, 15) is 0 Å². The standard InChI is InChI=1S/C18H19N5OS/c1-23(2)9-13-7-14-16(25-13)10-24-15-8-20-18(22-17(14)15)21-12-5-3-4-11(19)6-12/h3-8H,9-10,19H2,1-2H3,(H,20,21,22). The molecule has 3 heterocycles. The summed E-state index contributed by atoms with van der Waals surface area (Å²) in [6.07, 6.45) is 1.73. The van der Waals surface area contributed by atoms with E-state index in [0.29, 0.717) is 18.2 Å². The highest BCUT2D eigenvalue weighted by atomic mass is 32.1. The van der Waals surface area contributed by atoms with E-state index in [-0.39, 0.29) is 0 Å². The molecule has 25 heavy (non-hydrogen) atoms. The molecule has 0 aliphatic carbocycles. The Labute approximate surface area is 150 Å². The van der Waals surface area contributed by atoms with E-state index in [1.807, 2.05) is 24.3 Å². The van der Waals surface area contributed by atoms with Crippen molar-refractivity contribution < 1.29 is 4.74 Å². The summed E-state index contributed by atoms with van der Waals surface area (Å²) < 4.78 is 5.82. The largest absolute Gasteiger partial charge is 0.484 e. The minimum atomic E-state index is 0.529. The van der Waals surface area contributed by atoms with Crippen molar-refractivity contribution in [3.8, 4) is 17.0 Å². The van der Waals surface area contributed by atoms with E-state index in [4.69, 9.17) is 10.5 Å². The van der Waals surface area contributed by atoms with Gasteiger partial charge in [-0.1, -0.05) is 6.07 Å². The molecule has 3 aromatic rings. The number of hydrogen-bond donors (Lipinski definition) is 2. The molecule has 0 radical (unpaired) electrons. The third kappa shape index (κ3) is 3.29. The number of thiophene rings is 1. The van der Waals surface area contributed by atoms with Gasteiger partial charge in [-0.05, 0) is 38.4 Å². The Hall–Kier alpha value is -2.64. The maximum atomic E-state index is 5.83. The summed E-state index contributed by atoms with van der Waals surface area (Å²) in [5, 5.41) is 3.20. The van der Waals surface area contributed by atoms with Crippen molar-refractivity contribution in [2.24, 2.45) is 0 Å². The normalized spacial score (nSPS) is 12.4. The lowest BCUT2D eigenvalue weighted by Gasteiger charge is -2.17. The van der Waals surface area contributed by atoms with Crippen molar-refractivity contribution >= 4 is 28.7 Å². The first-order chi connectivity index (χ1) is 12.1. The second-order valence-corrected chi connectivity index (χ2v) is 7.45. The van der Waals surface area contributed by atoms with Crippen molar-refractivity contribution in [2.75, 3.05) is 25.1 Å². The second kappa shape index (κ2) is 6.34. The highest BCUT2D eigenvalue weighted by Gasteiger charge is 2.23. The molecule has 0 spiro atoms. The summed E-state index contributed by atoms with van der Waals surface area (Å²) in [5.74, 6) is 1.25. The van der Waals surface area contributed by atoms with Gasteiger partial charge in [0.25, 0.3) is 0 Å². The molecule has 2 aromatic heterocycles. The minimum absolute atomic E-state index is 0.529. The monoisotopic (exact) mass is 353 g/mol. The summed E-state index contributed by atoms with van der Waals surface area (Å²) in [4.78, 5) is 13.7. The predicted molar refractivity (Wildman–Crippen MR) is 101 cm³/mol. The Bertz CT molecular complexity index is 922. The molecule has 0 saturated carbocycles. The lowest BCUT2D eigenvalue weighted by molar-refractivity contribution is 0.303. The van der Waals surface area contributed by atoms with Crippen LogP contribution in [-0.4, -0.2) is 29.0 Å². The zero-order valence-electron chi connectivity index (χ0n) is 14.1. The molecular weight excluding hydrogens is 334 g/mol. The minimum Gasteiger partial charge on any atom is -0.484 e. The number of nitrogen functional groups attached to an aromatic ring is 1. The van der Waals surface area contributed by atoms with Crippen molar-refractivity contribution in [3.05, 3.63) is 46.3 Å². The average Bonchev–Trinajstić information content (AvgIpc) is 2.97. The Morgan fingerprint density at radius 3 is 3.00 bits per heavy atom. The van der Waals surface area contributed by atoms with Crippen LogP contribution in [-0.2, 0) is 13.2 Å². The Balaban J connectivity index is 1.67. The lowest BCUT2D eigenvalue weighted by Crippen LogP contribution is -2.09. The van der Waals surface area contributed by atoms with Crippen LogP contribution in [0, 0.1) is 0 Å². The molecule has 1 aromatic carbocycles. The number of nitrogens with zero attached hydrogens (tertiary/aromatic N) is 3. The molecule has 0 fully saturated rings. The molecule has 0 bridgehead atoms. The van der Waals surface area contributed by atoms with Gasteiger partial charge in [-0.3, -0.25) is 0 Å². The highest BCUT2D eigenvalue weighted by Crippen LogP contribution is 2.40. The van der Waals surface area contributed by atoms with E-state index >= 15 is 0 Å². The number of anilines is 3. The van der Waals surface area contributed by atoms with Gasteiger partial charge in [0.2, 0.25) is 5.95 Å². The first-order valence-corrected chi connectivity index (χ1v) is 8.79. The molecule has 0 saturated heterocycles. The summed E-state index contributed by atoms with van der Waals surface area (Å²) in [7, 11) is 4.14. The van der Waals surface area contributed by atoms with Gasteiger partial charge in [-0.25, -0.2) is 9.97 Å². The van der Waals surface area contributed by atoms with Crippen LogP contribution in [0.4, 0.5) is 17.3 Å². The molecule has 0 unspecified atom stereocenters. The summed E-state index contributed by atoms with van der Waals surface area (Å²) in [6, 6.07) is 9.73. The van der Waals surface area contributed by atoms with Crippen LogP contribution in [0.5, 0.6) is 5.75 Å². The van der Waals surface area contributed by atoms with Crippen molar-refractivity contribution in [3.63, 3.8) is 0 Å². The second-order valence-electron chi connectivity index (χ2n) is 6.23. The molecular formula is C18H19N5OS. The fraction of sp³-hybridized carbons (Fsp3) is 0.222. The van der Waals surface area contributed by atoms with Gasteiger partial charge < -0.3 is 20.7 Å². The zero-order chi connectivity index (χ0) is 17.4. The van der Waals surface area contributed by atoms with Gasteiger partial charge in [-0.2, -0.15) is 0 Å². The number of ether oxygens (including phenoxy) is 1. The Morgan fingerprint density at radius 2 is 2.20 bits per heavy atom. The molecule has 6 nitrogen and oxygen atoms in total. The molecule has 4 rings (SSSR count). The zero-order valence-corrected chi connectivity index (χ0v) is 14.9. The van der Waals surface area contributed by atoms with Crippen molar-refractivity contribution in [1.29, 1.82) is 0 Å². The van der Waals surface area contributed by atoms with Crippen LogP contribution in [0.1, 0.15) is 9.75 Å². The lowest BCUT2D eigenvalue weighted by atomic mass is 10.1. The van der Waals surface area contributed by atoms with E-state index in [2.05, 4.69) is 40.3 Å². The van der Waals surface area contributed by atoms with Gasteiger partial charge >= 0.3 is 0 Å². The van der Waals surface area contributed by atoms with Crippen LogP contribution in [0.15, 0.2) is 36.5 Å². The Kier molecular flexibility index (Phi) is 4.03. The van der Waals surface area contributed by atoms with Gasteiger partial charge in [0.05, 0.1) is 11.1 Å². The number of aromatic nitrogens is 2. The maximum Gasteiger partial charge on any atom is 0.227 e. The number of benzene rings is 1. The van der Waals surface area contributed by atoms with Gasteiger partial charge in [0, 0.05) is 28.4 Å². The number of hydrogen-bond acceptors (Lipinski definition) is 7. The predicted octanol–water partition coefficient (Wildman–Crippen LogP) is 3.48. The molecule has 0 atom stereocenters. The van der Waals surface area contributed by atoms with Crippen LogP contribution < -0.4 is 15.8 Å². The van der Waals surface area contributed by atoms with Crippen LogP contribution >= 0.6 is 11.3 Å². The van der Waals surface area contributed by atoms with E-state index in [1.165, 1.54) is 9.75 Å². The van der Waals surface area contributed by atoms with Crippen molar-refractivity contribution in [2.45, 2.75) is 13.2 Å². The number of fused-ring (bicyclic) bond motifs is 3. The summed E-state index contributed by atoms with van der Waals surface area (Å²) in [6.45, 7) is 1.48. The van der Waals surface area contributed by atoms with Crippen molar-refractivity contribution in [1.82, 2.24) is 14.9 Å². The van der Waals surface area contributed by atoms with E-state index in [1.54, 1.807) is 17.5 Å². The molecule has 1 aliphatic heterocycles. The van der Waals surface area contributed by atoms with Crippen LogP contribution in [0.25, 0.3) is 11.3 Å². The first kappa shape index (κ1) is 15.9. The number of nitrogens with two attached hydrogens (primary N) is 1. The van der Waals surface area contributed by atoms with Gasteiger partial charge in [-0.15, -0.1) is 11.3 Å². The number of nitrogens with one attached hydrogen (secondary N) is 1. The molecule has 1 aliphatic rings. The molecule has 0 amide bonds. The maximum absolute atomic E-state index is 5.83. The molecule has 128 valence electrons. The fourth-order valence-electron chi connectivity index (χ4n) is 2.80. The average molecular weight is 353 g/mol. The van der Waals surface area contributed by atoms with Gasteiger partial charge in [0.15, 0.2) is 5.75 Å². The van der Waals surface area contributed by atoms with E-state index in [0.717, 1.165) is 29.2 Å². The third-order valence-electron chi connectivity index (χ3n) is 3.84. The van der Waals surface area contributed by atoms with Crippen LogP contribution in [0.3, 0.4) is 0 Å². The summed E-state index contributed by atoms with van der Waals surface area (Å²) in [5.41, 5.74) is 9.35. The molecule has 3 N–H and O–H groups in total. The first-order valence-electron chi connectivity index (χ1n) is 7.97. The quantitative estimate of drug-likeness (QED) is 0.699. The Morgan fingerprint density at radius 1 is 1.32 bits per heavy atom. The SMILES string of the molecule is CN(C)Cc1cc2c(s1)COc1cnc(Nc3cccc(N)c3)nc1-2. The number of rotatable bonds is 4. The summed E-state index contributed by atoms with van der Waals surface area (Å²) >= 11 is 1.78. The topological polar surface area (TPSA) is 76.3 Å². The van der Waals surface area contributed by atoms with E-state index < -0.39 is 0 Å². The highest BCUT2D eigenvalue weighted by molar-refractivity contribution is 7.12. The fourth-order valence-corrected chi connectivity index (χ4v) is 4.00. The van der Waals surface area contributed by atoms with Crippen LogP contribution in [0.2, 0.25) is 0 Å². The third-order valence-corrected chi connectivity index (χ3v) is 4.94. The smallest absolute Gasteiger partial charge is 0.227 e. The molecule has 7 heteroatoms. The van der Waals surface area contributed by atoms with Gasteiger partial charge in [0.1, 0.15) is 12.3 Å².